The summed E-state index contributed by atoms with van der Waals surface area (Å²) in [6, 6.07) is 4.44. The Hall–Kier alpha value is -1.26. The molecule has 114 valence electrons. The van der Waals surface area contributed by atoms with Crippen molar-refractivity contribution < 1.29 is 47.3 Å². The monoisotopic (exact) mass is 334 g/mol. The zero-order valence-electron chi connectivity index (χ0n) is 12.8. The van der Waals surface area contributed by atoms with E-state index in [0.29, 0.717) is 16.9 Å². The number of hydrogen-bond donors (Lipinski definition) is 1. The smallest absolute Gasteiger partial charge is 0.728 e. The largest absolute Gasteiger partial charge is 1.00 e. The molecular weight excluding hydrogens is 319 g/mol. The summed E-state index contributed by atoms with van der Waals surface area (Å²) < 4.78 is 33.9. The Bertz CT molecular complexity index is 701. The number of hydrogen-bond acceptors (Lipinski definition) is 6. The molecule has 0 saturated heterocycles. The fraction of sp³-hybridized carbons (Fsp3) is 0.250. The van der Waals surface area contributed by atoms with Crippen LogP contribution in [0.15, 0.2) is 40.0 Å². The minimum Gasteiger partial charge on any atom is -0.728 e. The fourth-order valence-electron chi connectivity index (χ4n) is 1.38. The number of amides is 1. The summed E-state index contributed by atoms with van der Waals surface area (Å²) in [4.78, 5) is 13.3. The van der Waals surface area contributed by atoms with E-state index in [1.807, 2.05) is 0 Å². The molecule has 1 rings (SSSR count). The molecule has 8 nitrogen and oxygen atoms in total. The van der Waals surface area contributed by atoms with Gasteiger partial charge in [-0.15, -0.1) is 5.11 Å². The van der Waals surface area contributed by atoms with E-state index in [2.05, 4.69) is 21.5 Å². The van der Waals surface area contributed by atoms with Gasteiger partial charge >= 0.3 is 29.6 Å². The van der Waals surface area contributed by atoms with Gasteiger partial charge in [0.2, 0.25) is 10.3 Å². The van der Waals surface area contributed by atoms with Gasteiger partial charge in [0.1, 0.15) is 0 Å². The van der Waals surface area contributed by atoms with E-state index in [1.165, 1.54) is 18.2 Å². The number of carbonyl (C=O) groups excluding carboxylic acids is 1. The number of benzene rings is 1. The minimum absolute atomic E-state index is 0. The summed E-state index contributed by atoms with van der Waals surface area (Å²) in [5.74, 6) is -0.338. The Morgan fingerprint density at radius 3 is 2.41 bits per heavy atom. The third kappa shape index (κ3) is 6.67. The number of nitrogens with one attached hydrogen (secondary N) is 1. The van der Waals surface area contributed by atoms with Gasteiger partial charge in [-0.1, -0.05) is 11.1 Å². The fourth-order valence-corrected chi connectivity index (χ4v) is 1.58. The minimum atomic E-state index is -4.78. The zero-order chi connectivity index (χ0) is 16.2. The molecular formula is C12H15N4NaO4S. The van der Waals surface area contributed by atoms with Crippen molar-refractivity contribution in [1.29, 1.82) is 0 Å². The van der Waals surface area contributed by atoms with Crippen LogP contribution in [0.1, 0.15) is 6.92 Å². The van der Waals surface area contributed by atoms with Gasteiger partial charge < -0.3 is 14.8 Å². The molecule has 1 aromatic rings. The molecule has 0 unspecified atom stereocenters. The van der Waals surface area contributed by atoms with Crippen molar-refractivity contribution in [3.8, 4) is 0 Å². The molecule has 1 amide bonds. The van der Waals surface area contributed by atoms with Crippen molar-refractivity contribution in [3.05, 3.63) is 30.4 Å². The molecule has 0 fully saturated rings. The molecule has 0 spiro atoms. The summed E-state index contributed by atoms with van der Waals surface area (Å²) in [6.07, 6.45) is 0. The molecule has 0 aliphatic rings. The molecule has 0 aliphatic heterocycles. The molecule has 0 heterocycles. The molecule has 0 saturated carbocycles. The maximum atomic E-state index is 11.6. The van der Waals surface area contributed by atoms with Crippen molar-refractivity contribution in [2.75, 3.05) is 24.3 Å². The van der Waals surface area contributed by atoms with Crippen molar-refractivity contribution >= 4 is 33.3 Å². The second-order valence-corrected chi connectivity index (χ2v) is 5.46. The van der Waals surface area contributed by atoms with Gasteiger partial charge in [-0.2, -0.15) is 0 Å². The zero-order valence-corrected chi connectivity index (χ0v) is 15.6. The number of nitrogens with zero attached hydrogens (tertiary/aromatic N) is 3. The topological polar surface area (TPSA) is 114 Å². The summed E-state index contributed by atoms with van der Waals surface area (Å²) in [7, 11) is -1.32. The van der Waals surface area contributed by atoms with E-state index in [9.17, 15) is 17.8 Å². The molecule has 0 atom stereocenters. The van der Waals surface area contributed by atoms with Crippen LogP contribution < -0.4 is 39.8 Å². The second-order valence-electron chi connectivity index (χ2n) is 4.44. The third-order valence-electron chi connectivity index (χ3n) is 2.36. The number of anilines is 2. The van der Waals surface area contributed by atoms with Crippen molar-refractivity contribution in [2.24, 2.45) is 9.63 Å². The van der Waals surface area contributed by atoms with Crippen LogP contribution in [0.25, 0.3) is 0 Å². The average molecular weight is 334 g/mol. The SMILES string of the molecule is C=C(C)C(=O)Nc1ccc(N=NS(=O)(=O)[O-])cc1N(C)C.[Na+]. The summed E-state index contributed by atoms with van der Waals surface area (Å²) in [6.45, 7) is 5.11. The van der Waals surface area contributed by atoms with E-state index < -0.39 is 10.3 Å². The standard InChI is InChI=1S/C12H16N4O4S.Na/c1-8(2)12(17)13-10-6-5-9(7-11(10)16(3)4)14-15-21(18,19)20;/h5-7H,1H2,2-4H3,(H,13,17)(H,18,19,20);/q;+1/p-1. The van der Waals surface area contributed by atoms with Crippen LogP contribution in [0.5, 0.6) is 0 Å². The van der Waals surface area contributed by atoms with E-state index in [-0.39, 0.29) is 41.2 Å². The summed E-state index contributed by atoms with van der Waals surface area (Å²) in [5.41, 5.74) is 1.59. The van der Waals surface area contributed by atoms with Crippen LogP contribution in [0.4, 0.5) is 17.1 Å². The molecule has 22 heavy (non-hydrogen) atoms. The second kappa shape index (κ2) is 8.39. The van der Waals surface area contributed by atoms with E-state index in [0.717, 1.165) is 0 Å². The van der Waals surface area contributed by atoms with Gasteiger partial charge in [-0.05, 0) is 25.1 Å². The maximum Gasteiger partial charge on any atom is 1.00 e. The summed E-state index contributed by atoms with van der Waals surface area (Å²) in [5, 5.41) is 6.00. The molecule has 10 heteroatoms. The Balaban J connectivity index is 0.00000441. The van der Waals surface area contributed by atoms with Gasteiger partial charge in [-0.3, -0.25) is 4.79 Å². The van der Waals surface area contributed by atoms with Gasteiger partial charge in [-0.25, -0.2) is 8.42 Å². The molecule has 1 N–H and O–H groups in total. The van der Waals surface area contributed by atoms with E-state index in [1.54, 1.807) is 25.9 Å². The Morgan fingerprint density at radius 2 is 1.95 bits per heavy atom. The third-order valence-corrected chi connectivity index (χ3v) is 2.64. The van der Waals surface area contributed by atoms with Gasteiger partial charge in [0.25, 0.3) is 5.91 Å². The van der Waals surface area contributed by atoms with E-state index >= 15 is 0 Å². The number of carbonyl (C=O) groups is 1. The van der Waals surface area contributed by atoms with Crippen LogP contribution in [-0.2, 0) is 15.1 Å². The first-order valence-electron chi connectivity index (χ1n) is 5.77. The molecule has 1 aromatic carbocycles. The Morgan fingerprint density at radius 1 is 1.36 bits per heavy atom. The Labute approximate surface area is 151 Å². The Kier molecular flexibility index (Phi) is 7.91. The van der Waals surface area contributed by atoms with Crippen molar-refractivity contribution in [3.63, 3.8) is 0 Å². The van der Waals surface area contributed by atoms with Gasteiger partial charge in [0.05, 0.1) is 17.1 Å². The first-order valence-corrected chi connectivity index (χ1v) is 7.14. The normalized spacial score (nSPS) is 10.9. The van der Waals surface area contributed by atoms with Gasteiger partial charge in [0, 0.05) is 19.7 Å². The quantitative estimate of drug-likeness (QED) is 0.315. The van der Waals surface area contributed by atoms with Crippen LogP contribution in [0.3, 0.4) is 0 Å². The van der Waals surface area contributed by atoms with Crippen LogP contribution >= 0.6 is 0 Å². The first-order chi connectivity index (χ1) is 9.60. The summed E-state index contributed by atoms with van der Waals surface area (Å²) >= 11 is 0. The first kappa shape index (κ1) is 20.7. The van der Waals surface area contributed by atoms with Crippen molar-refractivity contribution in [2.45, 2.75) is 6.92 Å². The predicted molar refractivity (Wildman–Crippen MR) is 78.4 cm³/mol. The van der Waals surface area contributed by atoms with Gasteiger partial charge in [0.15, 0.2) is 0 Å². The van der Waals surface area contributed by atoms with Crippen LogP contribution in [-0.4, -0.2) is 33.0 Å². The molecule has 0 aromatic heterocycles. The average Bonchev–Trinajstić information content (AvgIpc) is 2.36. The predicted octanol–water partition coefficient (Wildman–Crippen LogP) is -1.18. The van der Waals surface area contributed by atoms with E-state index in [4.69, 9.17) is 0 Å². The van der Waals surface area contributed by atoms with Crippen molar-refractivity contribution in [1.82, 2.24) is 0 Å². The molecule has 0 bridgehead atoms. The van der Waals surface area contributed by atoms with Crippen LogP contribution in [0.2, 0.25) is 0 Å². The number of rotatable bonds is 5. The van der Waals surface area contributed by atoms with Crippen LogP contribution in [0, 0.1) is 0 Å². The molecule has 0 aliphatic carbocycles. The maximum absolute atomic E-state index is 11.6. The molecule has 0 radical (unpaired) electrons.